The molecule has 15 heavy (non-hydrogen) atoms. The van der Waals surface area contributed by atoms with Crippen LogP contribution in [0.3, 0.4) is 0 Å². The molecular formula is C13H20ClN. The zero-order chi connectivity index (χ0) is 11.3. The molecule has 0 aliphatic carbocycles. The molecule has 0 atom stereocenters. The lowest BCUT2D eigenvalue weighted by molar-refractivity contribution is 0.366. The molecule has 0 aliphatic rings. The van der Waals surface area contributed by atoms with E-state index in [1.807, 2.05) is 18.2 Å². The zero-order valence-electron chi connectivity index (χ0n) is 9.81. The first-order chi connectivity index (χ1) is 6.97. The van der Waals surface area contributed by atoms with Gasteiger partial charge in [-0.15, -0.1) is 0 Å². The van der Waals surface area contributed by atoms with Crippen LogP contribution in [-0.2, 0) is 6.54 Å². The smallest absolute Gasteiger partial charge is 0.0409 e. The Morgan fingerprint density at radius 2 is 2.00 bits per heavy atom. The van der Waals surface area contributed by atoms with Gasteiger partial charge in [-0.1, -0.05) is 44.5 Å². The number of nitrogens with one attached hydrogen (secondary N) is 1. The maximum atomic E-state index is 5.90. The van der Waals surface area contributed by atoms with E-state index in [-0.39, 0.29) is 0 Å². The quantitative estimate of drug-likeness (QED) is 0.768. The molecule has 0 radical (unpaired) electrons. The molecule has 2 heteroatoms. The first-order valence-corrected chi connectivity index (χ1v) is 5.80. The van der Waals surface area contributed by atoms with E-state index < -0.39 is 0 Å². The monoisotopic (exact) mass is 225 g/mol. The lowest BCUT2D eigenvalue weighted by Crippen LogP contribution is -2.20. The Kier molecular flexibility index (Phi) is 4.62. The van der Waals surface area contributed by atoms with Crippen LogP contribution in [0.5, 0.6) is 0 Å². The van der Waals surface area contributed by atoms with Crippen molar-refractivity contribution < 1.29 is 0 Å². The van der Waals surface area contributed by atoms with E-state index in [0.29, 0.717) is 5.41 Å². The maximum absolute atomic E-state index is 5.90. The lowest BCUT2D eigenvalue weighted by atomic mass is 9.92. The van der Waals surface area contributed by atoms with Crippen molar-refractivity contribution in [3.8, 4) is 0 Å². The van der Waals surface area contributed by atoms with Crippen molar-refractivity contribution in [2.75, 3.05) is 6.54 Å². The van der Waals surface area contributed by atoms with Crippen LogP contribution >= 0.6 is 11.6 Å². The Balaban J connectivity index is 2.26. The molecule has 0 aromatic heterocycles. The topological polar surface area (TPSA) is 12.0 Å². The number of hydrogen-bond acceptors (Lipinski definition) is 1. The third kappa shape index (κ3) is 5.81. The second-order valence-corrected chi connectivity index (χ2v) is 5.55. The third-order valence-electron chi connectivity index (χ3n) is 2.27. The number of benzene rings is 1. The van der Waals surface area contributed by atoms with Crippen molar-refractivity contribution in [3.05, 3.63) is 34.9 Å². The first kappa shape index (κ1) is 12.5. The van der Waals surface area contributed by atoms with E-state index in [4.69, 9.17) is 11.6 Å². The molecule has 0 fully saturated rings. The zero-order valence-corrected chi connectivity index (χ0v) is 10.6. The largest absolute Gasteiger partial charge is 0.313 e. The van der Waals surface area contributed by atoms with Crippen LogP contribution in [0.25, 0.3) is 0 Å². The minimum Gasteiger partial charge on any atom is -0.313 e. The normalized spacial score (nSPS) is 11.7. The van der Waals surface area contributed by atoms with E-state index in [9.17, 15) is 0 Å². The van der Waals surface area contributed by atoms with Crippen molar-refractivity contribution >= 4 is 11.6 Å². The predicted molar refractivity (Wildman–Crippen MR) is 67.2 cm³/mol. The summed E-state index contributed by atoms with van der Waals surface area (Å²) in [6, 6.07) is 7.99. The van der Waals surface area contributed by atoms with Crippen molar-refractivity contribution in [1.29, 1.82) is 0 Å². The van der Waals surface area contributed by atoms with Gasteiger partial charge in [0.15, 0.2) is 0 Å². The highest BCUT2D eigenvalue weighted by molar-refractivity contribution is 6.30. The van der Waals surface area contributed by atoms with Gasteiger partial charge in [-0.25, -0.2) is 0 Å². The average molecular weight is 226 g/mol. The second-order valence-electron chi connectivity index (χ2n) is 5.12. The predicted octanol–water partition coefficient (Wildman–Crippen LogP) is 3.87. The van der Waals surface area contributed by atoms with Crippen LogP contribution in [0, 0.1) is 5.41 Å². The Morgan fingerprint density at radius 3 is 2.60 bits per heavy atom. The number of hydrogen-bond donors (Lipinski definition) is 1. The summed E-state index contributed by atoms with van der Waals surface area (Å²) in [5.74, 6) is 0. The van der Waals surface area contributed by atoms with Gasteiger partial charge in [0, 0.05) is 11.6 Å². The Morgan fingerprint density at radius 1 is 1.27 bits per heavy atom. The Hall–Kier alpha value is -0.530. The summed E-state index contributed by atoms with van der Waals surface area (Å²) in [7, 11) is 0. The molecule has 1 nitrogen and oxygen atoms in total. The minimum absolute atomic E-state index is 0.404. The standard InChI is InChI=1S/C13H20ClN/c1-13(2,3)7-8-15-10-11-5-4-6-12(14)9-11/h4-6,9,15H,7-8,10H2,1-3H3. The summed E-state index contributed by atoms with van der Waals surface area (Å²) in [6.45, 7) is 8.73. The summed E-state index contributed by atoms with van der Waals surface area (Å²) >= 11 is 5.90. The highest BCUT2D eigenvalue weighted by Crippen LogP contribution is 2.17. The number of halogens is 1. The Labute approximate surface area is 97.8 Å². The minimum atomic E-state index is 0.404. The highest BCUT2D eigenvalue weighted by atomic mass is 35.5. The molecule has 0 saturated heterocycles. The van der Waals surface area contributed by atoms with Crippen LogP contribution in [0.2, 0.25) is 5.02 Å². The van der Waals surface area contributed by atoms with E-state index in [1.165, 1.54) is 12.0 Å². The molecule has 0 amide bonds. The molecule has 1 N–H and O–H groups in total. The van der Waals surface area contributed by atoms with Crippen LogP contribution < -0.4 is 5.32 Å². The van der Waals surface area contributed by atoms with E-state index in [1.54, 1.807) is 0 Å². The molecule has 1 aromatic carbocycles. The van der Waals surface area contributed by atoms with Gasteiger partial charge in [0.1, 0.15) is 0 Å². The van der Waals surface area contributed by atoms with E-state index >= 15 is 0 Å². The van der Waals surface area contributed by atoms with Gasteiger partial charge in [0.2, 0.25) is 0 Å². The van der Waals surface area contributed by atoms with Gasteiger partial charge in [-0.05, 0) is 36.1 Å². The van der Waals surface area contributed by atoms with Crippen molar-refractivity contribution in [1.82, 2.24) is 5.32 Å². The van der Waals surface area contributed by atoms with Gasteiger partial charge in [0.05, 0.1) is 0 Å². The Bertz CT molecular complexity index is 302. The van der Waals surface area contributed by atoms with Crippen LogP contribution in [-0.4, -0.2) is 6.54 Å². The van der Waals surface area contributed by atoms with Crippen LogP contribution in [0.1, 0.15) is 32.8 Å². The molecule has 0 bridgehead atoms. The number of rotatable bonds is 4. The summed E-state index contributed by atoms with van der Waals surface area (Å²) < 4.78 is 0. The molecule has 0 saturated carbocycles. The average Bonchev–Trinajstić information content (AvgIpc) is 2.11. The van der Waals surface area contributed by atoms with Gasteiger partial charge in [-0.2, -0.15) is 0 Å². The van der Waals surface area contributed by atoms with Gasteiger partial charge >= 0.3 is 0 Å². The summed E-state index contributed by atoms with van der Waals surface area (Å²) in [6.07, 6.45) is 1.19. The van der Waals surface area contributed by atoms with Crippen LogP contribution in [0.15, 0.2) is 24.3 Å². The summed E-state index contributed by atoms with van der Waals surface area (Å²) in [5.41, 5.74) is 1.65. The summed E-state index contributed by atoms with van der Waals surface area (Å²) in [5, 5.41) is 4.24. The van der Waals surface area contributed by atoms with Gasteiger partial charge < -0.3 is 5.32 Å². The van der Waals surface area contributed by atoms with Crippen molar-refractivity contribution in [2.45, 2.75) is 33.7 Å². The fourth-order valence-electron chi connectivity index (χ4n) is 1.34. The second kappa shape index (κ2) is 5.53. The molecule has 1 rings (SSSR count). The molecule has 1 aromatic rings. The van der Waals surface area contributed by atoms with Gasteiger partial charge in [0.25, 0.3) is 0 Å². The van der Waals surface area contributed by atoms with E-state index in [2.05, 4.69) is 32.2 Å². The molecular weight excluding hydrogens is 206 g/mol. The van der Waals surface area contributed by atoms with E-state index in [0.717, 1.165) is 18.1 Å². The van der Waals surface area contributed by atoms with Gasteiger partial charge in [-0.3, -0.25) is 0 Å². The molecule has 84 valence electrons. The molecule has 0 aliphatic heterocycles. The van der Waals surface area contributed by atoms with Crippen molar-refractivity contribution in [3.63, 3.8) is 0 Å². The summed E-state index contributed by atoms with van der Waals surface area (Å²) in [4.78, 5) is 0. The third-order valence-corrected chi connectivity index (χ3v) is 2.51. The lowest BCUT2D eigenvalue weighted by Gasteiger charge is -2.18. The van der Waals surface area contributed by atoms with Crippen molar-refractivity contribution in [2.24, 2.45) is 5.41 Å². The SMILES string of the molecule is CC(C)(C)CCNCc1cccc(Cl)c1. The molecule has 0 unspecified atom stereocenters. The fourth-order valence-corrected chi connectivity index (χ4v) is 1.56. The highest BCUT2D eigenvalue weighted by Gasteiger charge is 2.08. The maximum Gasteiger partial charge on any atom is 0.0409 e. The van der Waals surface area contributed by atoms with Crippen LogP contribution in [0.4, 0.5) is 0 Å². The fraction of sp³-hybridized carbons (Fsp3) is 0.538. The first-order valence-electron chi connectivity index (χ1n) is 5.42. The molecule has 0 spiro atoms. The molecule has 0 heterocycles.